The maximum atomic E-state index is 12.0. The van der Waals surface area contributed by atoms with E-state index in [2.05, 4.69) is 20.9 Å². The van der Waals surface area contributed by atoms with E-state index < -0.39 is 23.0 Å². The summed E-state index contributed by atoms with van der Waals surface area (Å²) in [5, 5.41) is 10.2. The summed E-state index contributed by atoms with van der Waals surface area (Å²) in [5.41, 5.74) is 3.91. The van der Waals surface area contributed by atoms with Crippen molar-refractivity contribution in [3.05, 3.63) is 49.6 Å². The third-order valence-corrected chi connectivity index (χ3v) is 3.59. The number of amides is 1. The molecule has 1 aromatic heterocycles. The third kappa shape index (κ3) is 3.05. The number of carbonyl (C=O) groups is 1. The standard InChI is InChI=1S/C13H12BrN3O4/c14-8-4-2-1-3-7(8)10-11(19)16-13(21)17(12(10)20)6-5-9(15)18/h1-4,20H,5-6H2,(H2,15,18)(H,16,19,21). The quantitative estimate of drug-likeness (QED) is 0.743. The summed E-state index contributed by atoms with van der Waals surface area (Å²) in [6, 6.07) is 6.77. The number of rotatable bonds is 4. The largest absolute Gasteiger partial charge is 0.494 e. The Balaban J connectivity index is 2.65. The molecule has 110 valence electrons. The average Bonchev–Trinajstić information content (AvgIpc) is 2.40. The first kappa shape index (κ1) is 15.0. The van der Waals surface area contributed by atoms with Crippen LogP contribution in [0.2, 0.25) is 0 Å². The highest BCUT2D eigenvalue weighted by molar-refractivity contribution is 9.10. The molecule has 2 aromatic rings. The fourth-order valence-electron chi connectivity index (χ4n) is 1.90. The van der Waals surface area contributed by atoms with Crippen molar-refractivity contribution in [2.45, 2.75) is 13.0 Å². The van der Waals surface area contributed by atoms with Gasteiger partial charge in [0.1, 0.15) is 5.56 Å². The van der Waals surface area contributed by atoms with Crippen LogP contribution in [0, 0.1) is 0 Å². The number of nitrogens with zero attached hydrogens (tertiary/aromatic N) is 1. The van der Waals surface area contributed by atoms with Crippen LogP contribution in [0.25, 0.3) is 11.1 Å². The van der Waals surface area contributed by atoms with Crippen molar-refractivity contribution in [2.24, 2.45) is 5.73 Å². The molecule has 0 saturated carbocycles. The number of hydrogen-bond donors (Lipinski definition) is 3. The van der Waals surface area contributed by atoms with Crippen molar-refractivity contribution in [2.75, 3.05) is 0 Å². The third-order valence-electron chi connectivity index (χ3n) is 2.90. The van der Waals surface area contributed by atoms with E-state index in [1.54, 1.807) is 24.3 Å². The molecule has 0 radical (unpaired) electrons. The molecule has 0 aliphatic heterocycles. The lowest BCUT2D eigenvalue weighted by molar-refractivity contribution is -0.118. The van der Waals surface area contributed by atoms with E-state index in [0.29, 0.717) is 10.0 Å². The molecular formula is C13H12BrN3O4. The van der Waals surface area contributed by atoms with Crippen LogP contribution in [-0.2, 0) is 11.3 Å². The van der Waals surface area contributed by atoms with Crippen LogP contribution in [0.4, 0.5) is 0 Å². The fourth-order valence-corrected chi connectivity index (χ4v) is 2.38. The van der Waals surface area contributed by atoms with Gasteiger partial charge >= 0.3 is 5.69 Å². The van der Waals surface area contributed by atoms with Crippen molar-refractivity contribution >= 4 is 21.8 Å². The monoisotopic (exact) mass is 353 g/mol. The molecule has 0 saturated heterocycles. The maximum Gasteiger partial charge on any atom is 0.331 e. The van der Waals surface area contributed by atoms with Crippen LogP contribution in [0.1, 0.15) is 6.42 Å². The van der Waals surface area contributed by atoms with Crippen molar-refractivity contribution in [3.63, 3.8) is 0 Å². The number of aromatic amines is 1. The van der Waals surface area contributed by atoms with Gasteiger partial charge < -0.3 is 10.8 Å². The van der Waals surface area contributed by atoms with Gasteiger partial charge in [-0.05, 0) is 6.07 Å². The van der Waals surface area contributed by atoms with Crippen molar-refractivity contribution in [3.8, 4) is 17.0 Å². The number of aromatic hydroxyl groups is 1. The molecule has 2 rings (SSSR count). The van der Waals surface area contributed by atoms with Crippen LogP contribution in [0.15, 0.2) is 38.3 Å². The Bertz CT molecular complexity index is 810. The van der Waals surface area contributed by atoms with Crippen LogP contribution in [0.3, 0.4) is 0 Å². The van der Waals surface area contributed by atoms with Gasteiger partial charge in [-0.15, -0.1) is 0 Å². The Morgan fingerprint density at radius 1 is 1.33 bits per heavy atom. The minimum Gasteiger partial charge on any atom is -0.494 e. The first-order valence-electron chi connectivity index (χ1n) is 6.01. The Morgan fingerprint density at radius 2 is 2.00 bits per heavy atom. The highest BCUT2D eigenvalue weighted by atomic mass is 79.9. The molecule has 1 heterocycles. The minimum absolute atomic E-state index is 0.0495. The van der Waals surface area contributed by atoms with E-state index in [0.717, 1.165) is 4.57 Å². The molecule has 21 heavy (non-hydrogen) atoms. The lowest BCUT2D eigenvalue weighted by Crippen LogP contribution is -2.32. The molecule has 7 nitrogen and oxygen atoms in total. The summed E-state index contributed by atoms with van der Waals surface area (Å²) in [6.45, 7) is -0.117. The first-order valence-corrected chi connectivity index (χ1v) is 6.80. The summed E-state index contributed by atoms with van der Waals surface area (Å²) < 4.78 is 1.49. The second kappa shape index (κ2) is 5.96. The van der Waals surface area contributed by atoms with E-state index in [1.165, 1.54) is 0 Å². The molecule has 4 N–H and O–H groups in total. The molecule has 0 fully saturated rings. The highest BCUT2D eigenvalue weighted by Gasteiger charge is 2.17. The number of H-pyrrole nitrogens is 1. The van der Waals surface area contributed by atoms with Crippen molar-refractivity contribution in [1.82, 2.24) is 9.55 Å². The Morgan fingerprint density at radius 3 is 2.62 bits per heavy atom. The van der Waals surface area contributed by atoms with Crippen molar-refractivity contribution < 1.29 is 9.90 Å². The van der Waals surface area contributed by atoms with E-state index in [9.17, 15) is 19.5 Å². The van der Waals surface area contributed by atoms with Gasteiger partial charge in [-0.1, -0.05) is 34.1 Å². The predicted octanol–water partition coefficient (Wildman–Crippen LogP) is 0.547. The number of hydrogen-bond acceptors (Lipinski definition) is 4. The van der Waals surface area contributed by atoms with E-state index in [1.807, 2.05) is 0 Å². The smallest absolute Gasteiger partial charge is 0.331 e. The van der Waals surface area contributed by atoms with Crippen LogP contribution in [0.5, 0.6) is 5.88 Å². The summed E-state index contributed by atoms with van der Waals surface area (Å²) >= 11 is 3.28. The SMILES string of the molecule is NC(=O)CCn1c(O)c(-c2ccccc2Br)c(=O)[nH]c1=O. The normalized spacial score (nSPS) is 10.5. The maximum absolute atomic E-state index is 12.0. The van der Waals surface area contributed by atoms with Crippen molar-refractivity contribution in [1.29, 1.82) is 0 Å². The number of aromatic nitrogens is 2. The Hall–Kier alpha value is -2.35. The Kier molecular flexibility index (Phi) is 4.27. The highest BCUT2D eigenvalue weighted by Crippen LogP contribution is 2.30. The lowest BCUT2D eigenvalue weighted by Gasteiger charge is -2.11. The number of nitrogens with two attached hydrogens (primary N) is 1. The zero-order chi connectivity index (χ0) is 15.6. The van der Waals surface area contributed by atoms with Gasteiger partial charge in [0, 0.05) is 23.0 Å². The molecule has 0 atom stereocenters. The van der Waals surface area contributed by atoms with Crippen LogP contribution >= 0.6 is 15.9 Å². The van der Waals surface area contributed by atoms with Gasteiger partial charge in [-0.2, -0.15) is 0 Å². The average molecular weight is 354 g/mol. The lowest BCUT2D eigenvalue weighted by atomic mass is 10.1. The molecule has 1 amide bonds. The number of halogens is 1. The second-order valence-electron chi connectivity index (χ2n) is 4.31. The van der Waals surface area contributed by atoms with Gasteiger partial charge in [0.05, 0.1) is 0 Å². The summed E-state index contributed by atoms with van der Waals surface area (Å²) in [4.78, 5) is 36.6. The summed E-state index contributed by atoms with van der Waals surface area (Å²) in [6.07, 6.45) is -0.130. The molecule has 0 aliphatic rings. The first-order chi connectivity index (χ1) is 9.91. The van der Waals surface area contributed by atoms with Gasteiger partial charge in [0.2, 0.25) is 11.8 Å². The molecule has 0 aliphatic carbocycles. The fraction of sp³-hybridized carbons (Fsp3) is 0.154. The summed E-state index contributed by atoms with van der Waals surface area (Å²) in [7, 11) is 0. The zero-order valence-electron chi connectivity index (χ0n) is 10.8. The molecule has 0 spiro atoms. The van der Waals surface area contributed by atoms with E-state index in [-0.39, 0.29) is 18.5 Å². The molecule has 1 aromatic carbocycles. The number of primary amides is 1. The second-order valence-corrected chi connectivity index (χ2v) is 5.16. The van der Waals surface area contributed by atoms with Gasteiger partial charge in [0.15, 0.2) is 0 Å². The van der Waals surface area contributed by atoms with E-state index >= 15 is 0 Å². The summed E-state index contributed by atoms with van der Waals surface area (Å²) in [5.74, 6) is -1.12. The minimum atomic E-state index is -0.797. The predicted molar refractivity (Wildman–Crippen MR) is 79.9 cm³/mol. The van der Waals surface area contributed by atoms with Gasteiger partial charge in [-0.25, -0.2) is 4.79 Å². The zero-order valence-corrected chi connectivity index (χ0v) is 12.4. The number of benzene rings is 1. The van der Waals surface area contributed by atoms with Gasteiger partial charge in [0.25, 0.3) is 5.56 Å². The molecule has 0 unspecified atom stereocenters. The molecule has 8 heteroatoms. The van der Waals surface area contributed by atoms with Crippen LogP contribution < -0.4 is 17.0 Å². The topological polar surface area (TPSA) is 118 Å². The molecule has 0 bridgehead atoms. The Labute approximate surface area is 127 Å². The van der Waals surface area contributed by atoms with Gasteiger partial charge in [-0.3, -0.25) is 19.1 Å². The van der Waals surface area contributed by atoms with Crippen LogP contribution in [-0.4, -0.2) is 20.6 Å². The van der Waals surface area contributed by atoms with E-state index in [4.69, 9.17) is 5.73 Å². The number of carbonyl (C=O) groups excluding carboxylic acids is 1. The number of nitrogens with one attached hydrogen (secondary N) is 1. The molecular weight excluding hydrogens is 342 g/mol.